The fraction of sp³-hybridized carbons (Fsp3) is 0.643. The van der Waals surface area contributed by atoms with Crippen LogP contribution in [0, 0.1) is 18.8 Å². The highest BCUT2D eigenvalue weighted by Crippen LogP contribution is 2.14. The van der Waals surface area contributed by atoms with Gasteiger partial charge in [-0.25, -0.2) is 4.98 Å². The standard InChI is InChI=1S/C14H20N2O3/c1-11-14(15-10-16(11)2)12(17)6-5-9-19-13-7-3-4-8-18-13/h10,12-13,17H,3-4,7-9H2,1-2H3. The first kappa shape index (κ1) is 14.1. The monoisotopic (exact) mass is 264 g/mol. The zero-order chi connectivity index (χ0) is 13.7. The highest BCUT2D eigenvalue weighted by atomic mass is 16.7. The number of aliphatic hydroxyl groups is 1. The molecule has 2 atom stereocenters. The van der Waals surface area contributed by atoms with E-state index in [1.807, 2.05) is 18.5 Å². The van der Waals surface area contributed by atoms with Crippen LogP contribution in [0.3, 0.4) is 0 Å². The molecule has 104 valence electrons. The fourth-order valence-electron chi connectivity index (χ4n) is 1.96. The third kappa shape index (κ3) is 3.80. The molecule has 1 N–H and O–H groups in total. The van der Waals surface area contributed by atoms with Gasteiger partial charge in [0.25, 0.3) is 0 Å². The molecule has 1 aromatic heterocycles. The van der Waals surface area contributed by atoms with Gasteiger partial charge in [0.15, 0.2) is 12.4 Å². The van der Waals surface area contributed by atoms with E-state index >= 15 is 0 Å². The Morgan fingerprint density at radius 1 is 1.63 bits per heavy atom. The molecule has 1 aliphatic heterocycles. The molecule has 5 nitrogen and oxygen atoms in total. The Bertz CT molecular complexity index is 467. The van der Waals surface area contributed by atoms with Crippen LogP contribution in [0.5, 0.6) is 0 Å². The molecule has 2 rings (SSSR count). The van der Waals surface area contributed by atoms with Crippen LogP contribution in [0.1, 0.15) is 36.8 Å². The smallest absolute Gasteiger partial charge is 0.158 e. The van der Waals surface area contributed by atoms with E-state index in [2.05, 4.69) is 16.8 Å². The van der Waals surface area contributed by atoms with E-state index in [-0.39, 0.29) is 12.9 Å². The molecule has 1 aromatic rings. The lowest BCUT2D eigenvalue weighted by molar-refractivity contribution is -0.154. The summed E-state index contributed by atoms with van der Waals surface area (Å²) in [5.74, 6) is 5.56. The molecule has 1 aliphatic rings. The molecule has 2 heterocycles. The minimum absolute atomic E-state index is 0.142. The maximum atomic E-state index is 9.92. The molecule has 0 amide bonds. The van der Waals surface area contributed by atoms with Gasteiger partial charge in [-0.05, 0) is 26.2 Å². The van der Waals surface area contributed by atoms with Crippen LogP contribution in [-0.2, 0) is 16.5 Å². The van der Waals surface area contributed by atoms with Crippen LogP contribution in [0.25, 0.3) is 0 Å². The molecule has 1 fully saturated rings. The van der Waals surface area contributed by atoms with E-state index in [9.17, 15) is 5.11 Å². The highest BCUT2D eigenvalue weighted by molar-refractivity contribution is 5.22. The molecule has 19 heavy (non-hydrogen) atoms. The maximum Gasteiger partial charge on any atom is 0.158 e. The van der Waals surface area contributed by atoms with E-state index in [1.165, 1.54) is 0 Å². The predicted molar refractivity (Wildman–Crippen MR) is 70.2 cm³/mol. The van der Waals surface area contributed by atoms with Crippen molar-refractivity contribution in [2.45, 2.75) is 38.6 Å². The first-order valence-electron chi connectivity index (χ1n) is 6.56. The topological polar surface area (TPSA) is 56.5 Å². The molecular formula is C14H20N2O3. The first-order chi connectivity index (χ1) is 9.18. The quantitative estimate of drug-likeness (QED) is 0.836. The molecule has 0 spiro atoms. The second-order valence-corrected chi connectivity index (χ2v) is 4.66. The Labute approximate surface area is 113 Å². The third-order valence-corrected chi connectivity index (χ3v) is 3.25. The van der Waals surface area contributed by atoms with Gasteiger partial charge in [-0.3, -0.25) is 0 Å². The summed E-state index contributed by atoms with van der Waals surface area (Å²) in [7, 11) is 1.88. The van der Waals surface area contributed by atoms with Gasteiger partial charge in [0, 0.05) is 19.3 Å². The van der Waals surface area contributed by atoms with Crippen LogP contribution in [0.2, 0.25) is 0 Å². The molecule has 0 radical (unpaired) electrons. The number of aryl methyl sites for hydroxylation is 1. The van der Waals surface area contributed by atoms with Crippen LogP contribution in [-0.4, -0.2) is 34.2 Å². The van der Waals surface area contributed by atoms with E-state index in [4.69, 9.17) is 9.47 Å². The van der Waals surface area contributed by atoms with Crippen molar-refractivity contribution in [3.05, 3.63) is 17.7 Å². The van der Waals surface area contributed by atoms with Gasteiger partial charge in [0.05, 0.1) is 6.33 Å². The first-order valence-corrected chi connectivity index (χ1v) is 6.56. The van der Waals surface area contributed by atoms with E-state index in [0.29, 0.717) is 5.69 Å². The minimum Gasteiger partial charge on any atom is -0.374 e. The second-order valence-electron chi connectivity index (χ2n) is 4.66. The summed E-state index contributed by atoms with van der Waals surface area (Å²) in [6.45, 7) is 2.93. The second kappa shape index (κ2) is 6.71. The van der Waals surface area contributed by atoms with Crippen LogP contribution >= 0.6 is 0 Å². The maximum absolute atomic E-state index is 9.92. The summed E-state index contributed by atoms with van der Waals surface area (Å²) < 4.78 is 12.7. The zero-order valence-corrected chi connectivity index (χ0v) is 11.4. The summed E-state index contributed by atoms with van der Waals surface area (Å²) in [6.07, 6.45) is 3.82. The Balaban J connectivity index is 1.81. The number of rotatable bonds is 3. The van der Waals surface area contributed by atoms with Gasteiger partial charge in [-0.2, -0.15) is 0 Å². The van der Waals surface area contributed by atoms with Crippen molar-refractivity contribution in [2.75, 3.05) is 13.2 Å². The summed E-state index contributed by atoms with van der Waals surface area (Å²) in [5.41, 5.74) is 1.52. The molecule has 0 aromatic carbocycles. The number of imidazole rings is 1. The van der Waals surface area contributed by atoms with Gasteiger partial charge in [-0.15, -0.1) is 0 Å². The molecule has 0 saturated carbocycles. The molecule has 0 aliphatic carbocycles. The van der Waals surface area contributed by atoms with Crippen LogP contribution < -0.4 is 0 Å². The lowest BCUT2D eigenvalue weighted by Crippen LogP contribution is -2.22. The third-order valence-electron chi connectivity index (χ3n) is 3.25. The fourth-order valence-corrected chi connectivity index (χ4v) is 1.96. The Hall–Kier alpha value is -1.35. The number of nitrogens with zero attached hydrogens (tertiary/aromatic N) is 2. The summed E-state index contributed by atoms with van der Waals surface area (Å²) in [6, 6.07) is 0. The Kier molecular flexibility index (Phi) is 4.97. The average molecular weight is 264 g/mol. The van der Waals surface area contributed by atoms with Gasteiger partial charge in [-0.1, -0.05) is 11.8 Å². The Morgan fingerprint density at radius 3 is 3.11 bits per heavy atom. The van der Waals surface area contributed by atoms with Gasteiger partial charge in [0.1, 0.15) is 12.3 Å². The van der Waals surface area contributed by atoms with Crippen LogP contribution in [0.4, 0.5) is 0 Å². The van der Waals surface area contributed by atoms with Crippen LogP contribution in [0.15, 0.2) is 6.33 Å². The van der Waals surface area contributed by atoms with Crippen molar-refractivity contribution >= 4 is 0 Å². The molecular weight excluding hydrogens is 244 g/mol. The SMILES string of the molecule is Cc1c(C(O)C#CCOC2CCCCO2)ncn1C. The van der Waals surface area contributed by atoms with Crippen molar-refractivity contribution in [2.24, 2.45) is 7.05 Å². The van der Waals surface area contributed by atoms with Crippen molar-refractivity contribution in [3.63, 3.8) is 0 Å². The zero-order valence-electron chi connectivity index (χ0n) is 11.4. The number of aliphatic hydroxyl groups excluding tert-OH is 1. The summed E-state index contributed by atoms with van der Waals surface area (Å²) in [4.78, 5) is 4.13. The van der Waals surface area contributed by atoms with Gasteiger partial charge >= 0.3 is 0 Å². The Morgan fingerprint density at radius 2 is 2.47 bits per heavy atom. The lowest BCUT2D eigenvalue weighted by Gasteiger charge is -2.21. The van der Waals surface area contributed by atoms with Crippen molar-refractivity contribution in [1.29, 1.82) is 0 Å². The van der Waals surface area contributed by atoms with Gasteiger partial charge < -0.3 is 19.1 Å². The molecule has 2 unspecified atom stereocenters. The highest BCUT2D eigenvalue weighted by Gasteiger charge is 2.13. The lowest BCUT2D eigenvalue weighted by atomic mass is 10.2. The van der Waals surface area contributed by atoms with E-state index in [1.54, 1.807) is 6.33 Å². The molecule has 1 saturated heterocycles. The largest absolute Gasteiger partial charge is 0.374 e. The predicted octanol–water partition coefficient (Wildman–Crippen LogP) is 1.31. The van der Waals surface area contributed by atoms with E-state index < -0.39 is 6.10 Å². The van der Waals surface area contributed by atoms with Gasteiger partial charge in [0.2, 0.25) is 0 Å². The van der Waals surface area contributed by atoms with Crippen molar-refractivity contribution in [3.8, 4) is 11.8 Å². The number of hydrogen-bond donors (Lipinski definition) is 1. The average Bonchev–Trinajstić information content (AvgIpc) is 2.76. The number of hydrogen-bond acceptors (Lipinski definition) is 4. The normalized spacial score (nSPS) is 20.7. The van der Waals surface area contributed by atoms with Crippen molar-refractivity contribution < 1.29 is 14.6 Å². The van der Waals surface area contributed by atoms with E-state index in [0.717, 1.165) is 31.6 Å². The molecule has 0 bridgehead atoms. The molecule has 5 heteroatoms. The summed E-state index contributed by atoms with van der Waals surface area (Å²) in [5, 5.41) is 9.92. The summed E-state index contributed by atoms with van der Waals surface area (Å²) >= 11 is 0. The van der Waals surface area contributed by atoms with Crippen molar-refractivity contribution in [1.82, 2.24) is 9.55 Å². The number of ether oxygens (including phenoxy) is 2. The number of aromatic nitrogens is 2. The minimum atomic E-state index is -0.864.